The molecule has 0 aliphatic heterocycles. The van der Waals surface area contributed by atoms with E-state index in [1.165, 1.54) is 19.3 Å². The summed E-state index contributed by atoms with van der Waals surface area (Å²) >= 11 is 0. The molecule has 0 aromatic rings. The third-order valence-electron chi connectivity index (χ3n) is 2.45. The van der Waals surface area contributed by atoms with Gasteiger partial charge < -0.3 is 0 Å². The van der Waals surface area contributed by atoms with E-state index in [4.69, 9.17) is 0 Å². The fourth-order valence-electron chi connectivity index (χ4n) is 1.22. The van der Waals surface area contributed by atoms with Gasteiger partial charge in [-0.05, 0) is 19.3 Å². The van der Waals surface area contributed by atoms with Crippen LogP contribution in [-0.4, -0.2) is 12.6 Å². The molecule has 0 heterocycles. The number of rotatable bonds is 4. The van der Waals surface area contributed by atoms with E-state index in [9.17, 15) is 0 Å². The van der Waals surface area contributed by atoms with Crippen molar-refractivity contribution in [1.29, 1.82) is 0 Å². The van der Waals surface area contributed by atoms with Crippen molar-refractivity contribution < 1.29 is 0 Å². The van der Waals surface area contributed by atoms with Crippen LogP contribution < -0.4 is 5.32 Å². The van der Waals surface area contributed by atoms with Gasteiger partial charge in [0.25, 0.3) is 0 Å². The van der Waals surface area contributed by atoms with Crippen molar-refractivity contribution in [1.82, 2.24) is 5.32 Å². The summed E-state index contributed by atoms with van der Waals surface area (Å²) in [5, 5.41) is 4.38. The van der Waals surface area contributed by atoms with Gasteiger partial charge >= 0.3 is 0 Å². The molecular formula is C8H18N. The third kappa shape index (κ3) is 1.98. The van der Waals surface area contributed by atoms with E-state index < -0.39 is 0 Å². The maximum atomic E-state index is 4.38. The van der Waals surface area contributed by atoms with E-state index in [1.807, 2.05) is 7.05 Å². The Bertz CT molecular complexity index is 47.5. The molecule has 0 fully saturated rings. The van der Waals surface area contributed by atoms with Gasteiger partial charge in [-0.2, -0.15) is 0 Å². The molecule has 0 N–H and O–H groups in total. The van der Waals surface area contributed by atoms with Gasteiger partial charge in [-0.1, -0.05) is 20.8 Å². The molecule has 0 amide bonds. The normalized spacial score (nSPS) is 12.0. The Labute approximate surface area is 58.8 Å². The minimum absolute atomic E-state index is 0.292. The topological polar surface area (TPSA) is 14.1 Å². The van der Waals surface area contributed by atoms with E-state index in [2.05, 4.69) is 26.1 Å². The van der Waals surface area contributed by atoms with Crippen LogP contribution in [0.5, 0.6) is 0 Å². The highest BCUT2D eigenvalue weighted by molar-refractivity contribution is 4.80. The minimum Gasteiger partial charge on any atom is -0.239 e. The van der Waals surface area contributed by atoms with Crippen LogP contribution in [0.4, 0.5) is 0 Å². The highest BCUT2D eigenvalue weighted by Crippen LogP contribution is 2.19. The zero-order valence-electron chi connectivity index (χ0n) is 7.07. The lowest BCUT2D eigenvalue weighted by Gasteiger charge is -2.27. The Kier molecular flexibility index (Phi) is 3.87. The highest BCUT2D eigenvalue weighted by Gasteiger charge is 2.21. The largest absolute Gasteiger partial charge is 0.239 e. The fraction of sp³-hybridized carbons (Fsp3) is 1.00. The first-order valence-corrected chi connectivity index (χ1v) is 3.85. The first-order chi connectivity index (χ1) is 4.24. The molecule has 9 heavy (non-hydrogen) atoms. The zero-order chi connectivity index (χ0) is 7.33. The molecule has 0 spiro atoms. The molecule has 0 unspecified atom stereocenters. The van der Waals surface area contributed by atoms with Crippen molar-refractivity contribution in [2.75, 3.05) is 7.05 Å². The maximum absolute atomic E-state index is 4.38. The fourth-order valence-corrected chi connectivity index (χ4v) is 1.22. The van der Waals surface area contributed by atoms with Gasteiger partial charge in [-0.25, -0.2) is 5.32 Å². The number of nitrogens with zero attached hydrogens (tertiary/aromatic N) is 1. The second-order valence-electron chi connectivity index (χ2n) is 2.51. The quantitative estimate of drug-likeness (QED) is 0.551. The van der Waals surface area contributed by atoms with Crippen LogP contribution in [0.2, 0.25) is 0 Å². The van der Waals surface area contributed by atoms with Crippen molar-refractivity contribution >= 4 is 0 Å². The molecule has 1 heteroatoms. The van der Waals surface area contributed by atoms with Gasteiger partial charge in [0, 0.05) is 12.6 Å². The Morgan fingerprint density at radius 3 is 1.33 bits per heavy atom. The van der Waals surface area contributed by atoms with Gasteiger partial charge in [0.05, 0.1) is 0 Å². The SMILES string of the molecule is CCC(CC)(CC)[N]C. The van der Waals surface area contributed by atoms with E-state index in [0.29, 0.717) is 5.54 Å². The van der Waals surface area contributed by atoms with Crippen molar-refractivity contribution in [3.8, 4) is 0 Å². The molecule has 0 rings (SSSR count). The molecule has 0 aliphatic carbocycles. The van der Waals surface area contributed by atoms with Gasteiger partial charge in [0.1, 0.15) is 0 Å². The first-order valence-electron chi connectivity index (χ1n) is 3.85. The van der Waals surface area contributed by atoms with E-state index in [-0.39, 0.29) is 0 Å². The molecule has 0 saturated carbocycles. The van der Waals surface area contributed by atoms with Gasteiger partial charge in [-0.3, -0.25) is 0 Å². The molecular weight excluding hydrogens is 110 g/mol. The Hall–Kier alpha value is -0.0400. The van der Waals surface area contributed by atoms with Crippen molar-refractivity contribution in [2.24, 2.45) is 0 Å². The summed E-state index contributed by atoms with van der Waals surface area (Å²) in [5.74, 6) is 0. The molecule has 0 bridgehead atoms. The zero-order valence-corrected chi connectivity index (χ0v) is 7.07. The van der Waals surface area contributed by atoms with Crippen LogP contribution in [0.3, 0.4) is 0 Å². The van der Waals surface area contributed by atoms with Crippen molar-refractivity contribution in [2.45, 2.75) is 45.6 Å². The Balaban J connectivity index is 3.82. The molecule has 0 aromatic carbocycles. The van der Waals surface area contributed by atoms with Crippen LogP contribution in [-0.2, 0) is 0 Å². The molecule has 1 nitrogen and oxygen atoms in total. The Morgan fingerprint density at radius 2 is 1.33 bits per heavy atom. The summed E-state index contributed by atoms with van der Waals surface area (Å²) in [4.78, 5) is 0. The lowest BCUT2D eigenvalue weighted by Crippen LogP contribution is -2.35. The van der Waals surface area contributed by atoms with E-state index >= 15 is 0 Å². The lowest BCUT2D eigenvalue weighted by atomic mass is 9.90. The predicted octanol–water partition coefficient (Wildman–Crippen LogP) is 2.19. The summed E-state index contributed by atoms with van der Waals surface area (Å²) in [6.45, 7) is 6.62. The van der Waals surface area contributed by atoms with Crippen LogP contribution >= 0.6 is 0 Å². The molecule has 0 aliphatic rings. The molecule has 0 aromatic heterocycles. The maximum Gasteiger partial charge on any atom is 0.0345 e. The molecule has 1 radical (unpaired) electrons. The Morgan fingerprint density at radius 1 is 1.00 bits per heavy atom. The highest BCUT2D eigenvalue weighted by atomic mass is 14.9. The van der Waals surface area contributed by atoms with Crippen LogP contribution in [0.1, 0.15) is 40.0 Å². The summed E-state index contributed by atoms with van der Waals surface area (Å²) in [6.07, 6.45) is 3.53. The van der Waals surface area contributed by atoms with Crippen molar-refractivity contribution in [3.63, 3.8) is 0 Å². The van der Waals surface area contributed by atoms with E-state index in [1.54, 1.807) is 0 Å². The van der Waals surface area contributed by atoms with Gasteiger partial charge in [0.15, 0.2) is 0 Å². The second-order valence-corrected chi connectivity index (χ2v) is 2.51. The monoisotopic (exact) mass is 128 g/mol. The summed E-state index contributed by atoms with van der Waals surface area (Å²) < 4.78 is 0. The average Bonchev–Trinajstić information content (AvgIpc) is 1.95. The minimum atomic E-state index is 0.292. The first kappa shape index (κ1) is 8.96. The average molecular weight is 128 g/mol. The lowest BCUT2D eigenvalue weighted by molar-refractivity contribution is 0.307. The van der Waals surface area contributed by atoms with Crippen LogP contribution in [0, 0.1) is 0 Å². The third-order valence-corrected chi connectivity index (χ3v) is 2.45. The second kappa shape index (κ2) is 3.89. The van der Waals surface area contributed by atoms with Crippen LogP contribution in [0.25, 0.3) is 0 Å². The summed E-state index contributed by atoms with van der Waals surface area (Å²) in [7, 11) is 1.93. The van der Waals surface area contributed by atoms with Gasteiger partial charge in [0.2, 0.25) is 0 Å². The smallest absolute Gasteiger partial charge is 0.0345 e. The van der Waals surface area contributed by atoms with Gasteiger partial charge in [-0.15, -0.1) is 0 Å². The summed E-state index contributed by atoms with van der Waals surface area (Å²) in [6, 6.07) is 0. The number of hydrogen-bond acceptors (Lipinski definition) is 0. The summed E-state index contributed by atoms with van der Waals surface area (Å²) in [5.41, 5.74) is 0.292. The van der Waals surface area contributed by atoms with E-state index in [0.717, 1.165) is 0 Å². The molecule has 55 valence electrons. The van der Waals surface area contributed by atoms with Crippen molar-refractivity contribution in [3.05, 3.63) is 0 Å². The number of hydrogen-bond donors (Lipinski definition) is 0. The molecule has 0 atom stereocenters. The standard InChI is InChI=1S/C8H18N/c1-5-8(6-2,7-3)9-4/h5-7H2,1-4H3. The van der Waals surface area contributed by atoms with Crippen LogP contribution in [0.15, 0.2) is 0 Å². The molecule has 0 saturated heterocycles. The predicted molar refractivity (Wildman–Crippen MR) is 41.7 cm³/mol.